The minimum atomic E-state index is -0.413. The van der Waals surface area contributed by atoms with E-state index in [4.69, 9.17) is 34.8 Å². The van der Waals surface area contributed by atoms with Crippen molar-refractivity contribution in [2.45, 2.75) is 13.5 Å². The van der Waals surface area contributed by atoms with Gasteiger partial charge in [-0.1, -0.05) is 46.9 Å². The van der Waals surface area contributed by atoms with E-state index in [1.807, 2.05) is 0 Å². The van der Waals surface area contributed by atoms with Crippen molar-refractivity contribution < 1.29 is 4.92 Å². The van der Waals surface area contributed by atoms with E-state index in [0.29, 0.717) is 22.9 Å². The van der Waals surface area contributed by atoms with Gasteiger partial charge in [-0.2, -0.15) is 0 Å². The number of benzene rings is 1. The van der Waals surface area contributed by atoms with Crippen LogP contribution < -0.4 is 5.32 Å². The molecule has 0 spiro atoms. The molecule has 0 aliphatic rings. The first-order chi connectivity index (χ1) is 9.90. The van der Waals surface area contributed by atoms with E-state index in [1.54, 1.807) is 19.1 Å². The normalized spacial score (nSPS) is 10.5. The molecule has 1 heterocycles. The van der Waals surface area contributed by atoms with Gasteiger partial charge in [0.1, 0.15) is 11.0 Å². The van der Waals surface area contributed by atoms with Crippen LogP contribution in [0.4, 0.5) is 11.5 Å². The molecule has 0 fully saturated rings. The zero-order valence-electron chi connectivity index (χ0n) is 10.9. The molecule has 2 aromatic rings. The Morgan fingerprint density at radius 2 is 2.00 bits per heavy atom. The molecular weight excluding hydrogens is 337 g/mol. The summed E-state index contributed by atoms with van der Waals surface area (Å²) in [6.45, 7) is 2.03. The zero-order chi connectivity index (χ0) is 15.6. The van der Waals surface area contributed by atoms with Gasteiger partial charge in [-0.05, 0) is 18.6 Å². The highest BCUT2D eigenvalue weighted by atomic mass is 35.5. The number of nitro benzene ring substituents is 1. The smallest absolute Gasteiger partial charge is 0.272 e. The van der Waals surface area contributed by atoms with Crippen LogP contribution in [0.2, 0.25) is 15.2 Å². The summed E-state index contributed by atoms with van der Waals surface area (Å²) in [6.07, 6.45) is 0. The number of aromatic nitrogens is 1. The fourth-order valence-corrected chi connectivity index (χ4v) is 2.37. The van der Waals surface area contributed by atoms with E-state index in [1.165, 1.54) is 12.1 Å². The van der Waals surface area contributed by atoms with Crippen LogP contribution in [0.5, 0.6) is 0 Å². The summed E-state index contributed by atoms with van der Waals surface area (Å²) in [4.78, 5) is 14.5. The molecule has 1 N–H and O–H groups in total. The lowest BCUT2D eigenvalue weighted by Gasteiger charge is -2.10. The number of pyridine rings is 1. The molecule has 0 atom stereocenters. The van der Waals surface area contributed by atoms with Crippen molar-refractivity contribution in [2.75, 3.05) is 5.32 Å². The Hall–Kier alpha value is -1.56. The molecule has 1 aromatic heterocycles. The minimum absolute atomic E-state index is 0.0718. The molecule has 21 heavy (non-hydrogen) atoms. The standard InChI is InChI=1S/C13H10Cl3N3O2/c1-7-8(3-2-4-11(7)19(20)21)6-17-13-10(15)5-9(14)12(16)18-13/h2-5H,6H2,1H3,(H,17,18). The molecule has 0 aliphatic carbocycles. The Balaban J connectivity index is 2.23. The third-order valence-electron chi connectivity index (χ3n) is 2.95. The fraction of sp³-hybridized carbons (Fsp3) is 0.154. The average Bonchev–Trinajstić information content (AvgIpc) is 2.42. The van der Waals surface area contributed by atoms with Crippen LogP contribution in [-0.2, 0) is 6.54 Å². The van der Waals surface area contributed by atoms with Crippen molar-refractivity contribution in [3.05, 3.63) is 60.7 Å². The second-order valence-electron chi connectivity index (χ2n) is 4.26. The van der Waals surface area contributed by atoms with Crippen LogP contribution in [0.25, 0.3) is 0 Å². The van der Waals surface area contributed by atoms with Crippen molar-refractivity contribution in [1.82, 2.24) is 4.98 Å². The maximum absolute atomic E-state index is 10.9. The van der Waals surface area contributed by atoms with Gasteiger partial charge < -0.3 is 5.32 Å². The summed E-state index contributed by atoms with van der Waals surface area (Å²) in [5, 5.41) is 14.6. The SMILES string of the molecule is Cc1c(CNc2nc(Cl)c(Cl)cc2Cl)cccc1[N+](=O)[O-]. The Morgan fingerprint density at radius 1 is 1.29 bits per heavy atom. The number of hydrogen-bond donors (Lipinski definition) is 1. The Kier molecular flexibility index (Phi) is 4.88. The number of halogens is 3. The summed E-state index contributed by atoms with van der Waals surface area (Å²) in [7, 11) is 0. The van der Waals surface area contributed by atoms with Gasteiger partial charge >= 0.3 is 0 Å². The highest BCUT2D eigenvalue weighted by molar-refractivity contribution is 6.42. The molecule has 0 unspecified atom stereocenters. The van der Waals surface area contributed by atoms with E-state index < -0.39 is 4.92 Å². The van der Waals surface area contributed by atoms with Crippen LogP contribution >= 0.6 is 34.8 Å². The number of rotatable bonds is 4. The van der Waals surface area contributed by atoms with E-state index in [2.05, 4.69) is 10.3 Å². The van der Waals surface area contributed by atoms with Crippen molar-refractivity contribution in [1.29, 1.82) is 0 Å². The summed E-state index contributed by atoms with van der Waals surface area (Å²) < 4.78 is 0. The second-order valence-corrected chi connectivity index (χ2v) is 5.44. The van der Waals surface area contributed by atoms with Crippen LogP contribution in [-0.4, -0.2) is 9.91 Å². The maximum Gasteiger partial charge on any atom is 0.272 e. The predicted molar refractivity (Wildman–Crippen MR) is 84.4 cm³/mol. The van der Waals surface area contributed by atoms with Gasteiger partial charge in [-0.25, -0.2) is 4.98 Å². The molecule has 0 amide bonds. The molecule has 0 saturated carbocycles. The first-order valence-corrected chi connectivity index (χ1v) is 7.02. The number of hydrogen-bond acceptors (Lipinski definition) is 4. The maximum atomic E-state index is 10.9. The lowest BCUT2D eigenvalue weighted by atomic mass is 10.1. The molecule has 1 aromatic carbocycles. The first-order valence-electron chi connectivity index (χ1n) is 5.88. The van der Waals surface area contributed by atoms with Gasteiger partial charge in [-0.15, -0.1) is 0 Å². The third-order valence-corrected chi connectivity index (χ3v) is 3.91. The van der Waals surface area contributed by atoms with Crippen molar-refractivity contribution in [3.63, 3.8) is 0 Å². The highest BCUT2D eigenvalue weighted by Crippen LogP contribution is 2.29. The Bertz CT molecular complexity index is 707. The van der Waals surface area contributed by atoms with E-state index in [9.17, 15) is 10.1 Å². The topological polar surface area (TPSA) is 68.1 Å². The molecular formula is C13H10Cl3N3O2. The first kappa shape index (κ1) is 15.8. The Labute approximate surface area is 136 Å². The van der Waals surface area contributed by atoms with Crippen LogP contribution in [0.1, 0.15) is 11.1 Å². The fourth-order valence-electron chi connectivity index (χ4n) is 1.81. The monoisotopic (exact) mass is 345 g/mol. The quantitative estimate of drug-likeness (QED) is 0.487. The van der Waals surface area contributed by atoms with Gasteiger partial charge in [0.2, 0.25) is 0 Å². The van der Waals surface area contributed by atoms with Crippen molar-refractivity contribution in [2.24, 2.45) is 0 Å². The van der Waals surface area contributed by atoms with E-state index in [0.717, 1.165) is 5.56 Å². The van der Waals surface area contributed by atoms with Crippen LogP contribution in [0.15, 0.2) is 24.3 Å². The zero-order valence-corrected chi connectivity index (χ0v) is 13.1. The lowest BCUT2D eigenvalue weighted by molar-refractivity contribution is -0.385. The van der Waals surface area contributed by atoms with E-state index >= 15 is 0 Å². The highest BCUT2D eigenvalue weighted by Gasteiger charge is 2.14. The summed E-state index contributed by atoms with van der Waals surface area (Å²) >= 11 is 17.6. The summed E-state index contributed by atoms with van der Waals surface area (Å²) in [6, 6.07) is 6.37. The number of anilines is 1. The molecule has 0 bridgehead atoms. The largest absolute Gasteiger partial charge is 0.365 e. The number of nitrogens with zero attached hydrogens (tertiary/aromatic N) is 2. The Morgan fingerprint density at radius 3 is 2.67 bits per heavy atom. The average molecular weight is 347 g/mol. The van der Waals surface area contributed by atoms with Gasteiger partial charge in [0, 0.05) is 18.2 Å². The summed E-state index contributed by atoms with van der Waals surface area (Å²) in [5.41, 5.74) is 1.43. The predicted octanol–water partition coefficient (Wildman–Crippen LogP) is 4.87. The van der Waals surface area contributed by atoms with Gasteiger partial charge in [0.05, 0.1) is 15.0 Å². The summed E-state index contributed by atoms with van der Waals surface area (Å²) in [5.74, 6) is 0.372. The van der Waals surface area contributed by atoms with Crippen LogP contribution in [0, 0.1) is 17.0 Å². The third kappa shape index (κ3) is 3.56. The molecule has 0 aliphatic heterocycles. The lowest BCUT2D eigenvalue weighted by Crippen LogP contribution is -2.05. The molecule has 0 radical (unpaired) electrons. The van der Waals surface area contributed by atoms with Gasteiger partial charge in [-0.3, -0.25) is 10.1 Å². The van der Waals surface area contributed by atoms with Gasteiger partial charge in [0.15, 0.2) is 0 Å². The van der Waals surface area contributed by atoms with Crippen molar-refractivity contribution in [3.8, 4) is 0 Å². The van der Waals surface area contributed by atoms with Gasteiger partial charge in [0.25, 0.3) is 5.69 Å². The van der Waals surface area contributed by atoms with Crippen molar-refractivity contribution >= 4 is 46.3 Å². The molecule has 8 heteroatoms. The number of nitrogens with one attached hydrogen (secondary N) is 1. The molecule has 2 rings (SSSR count). The number of nitro groups is 1. The van der Waals surface area contributed by atoms with E-state index in [-0.39, 0.29) is 15.9 Å². The molecule has 5 nitrogen and oxygen atoms in total. The molecule has 0 saturated heterocycles. The second kappa shape index (κ2) is 6.47. The van der Waals surface area contributed by atoms with Crippen LogP contribution in [0.3, 0.4) is 0 Å². The minimum Gasteiger partial charge on any atom is -0.365 e. The molecule has 110 valence electrons.